The van der Waals surface area contributed by atoms with Gasteiger partial charge in [-0.1, -0.05) is 479 Å². The van der Waals surface area contributed by atoms with Crippen LogP contribution in [-0.2, 0) is 18.2 Å². The topological polar surface area (TPSA) is 62.7 Å². The summed E-state index contributed by atoms with van der Waals surface area (Å²) in [4.78, 5) is 9.85. The minimum absolute atomic E-state index is 0.608. The maximum absolute atomic E-state index is 6.79. The van der Waals surface area contributed by atoms with E-state index < -0.39 is 0 Å². The Balaban J connectivity index is 0.0000135. The number of halogens is 1. The Kier molecular flexibility index (Phi) is 67.7. The molecule has 684 valence electrons. The first-order chi connectivity index (χ1) is 61.4. The quantitative estimate of drug-likeness (QED) is 0.0280. The van der Waals surface area contributed by atoms with E-state index in [1.807, 2.05) is 43.6 Å². The molecule has 0 unspecified atom stereocenters. The molecule has 0 saturated heterocycles. The van der Waals surface area contributed by atoms with Crippen molar-refractivity contribution in [3.8, 4) is 92.9 Å². The number of ether oxygens (including phenoxy) is 4. The Morgan fingerprint density at radius 2 is 0.435 bits per heavy atom. The molecule has 0 radical (unpaired) electrons. The number of hydrogen-bond donors (Lipinski definition) is 0. The first-order valence-corrected chi connectivity index (χ1v) is 54.9. The van der Waals surface area contributed by atoms with E-state index >= 15 is 0 Å². The first kappa shape index (κ1) is 108. The zero-order valence-electron chi connectivity index (χ0n) is 79.8. The van der Waals surface area contributed by atoms with Gasteiger partial charge >= 0.3 is 27.7 Å². The summed E-state index contributed by atoms with van der Waals surface area (Å²) in [5, 5.41) is 0. The molecular weight excluding hydrogens is 1710 g/mol. The third-order valence-electron chi connectivity index (χ3n) is 24.6. The summed E-state index contributed by atoms with van der Waals surface area (Å²) in [6, 6.07) is 33.5. The van der Waals surface area contributed by atoms with Crippen molar-refractivity contribution in [3.05, 3.63) is 154 Å². The van der Waals surface area contributed by atoms with Crippen LogP contribution in [0.25, 0.3) is 22.5 Å². The van der Waals surface area contributed by atoms with E-state index in [2.05, 4.69) is 155 Å². The predicted molar refractivity (Wildman–Crippen MR) is 533 cm³/mol. The van der Waals surface area contributed by atoms with Gasteiger partial charge in [-0.2, -0.15) is 0 Å². The van der Waals surface area contributed by atoms with Crippen LogP contribution in [0.1, 0.15) is 490 Å². The fourth-order valence-electron chi connectivity index (χ4n) is 16.7. The van der Waals surface area contributed by atoms with Crippen LogP contribution in [0.3, 0.4) is 0 Å². The van der Waals surface area contributed by atoms with Crippen LogP contribution in [-0.4, -0.2) is 36.4 Å². The second kappa shape index (κ2) is 77.7. The summed E-state index contributed by atoms with van der Waals surface area (Å²) in [6.45, 7) is 15.8. The number of pyridine rings is 2. The van der Waals surface area contributed by atoms with Gasteiger partial charge in [0.25, 0.3) is 0 Å². The average Bonchev–Trinajstić information content (AvgIpc) is 0.810. The van der Waals surface area contributed by atoms with E-state index in [9.17, 15) is 0 Å². The second-order valence-corrected chi connectivity index (χ2v) is 35.7. The van der Waals surface area contributed by atoms with E-state index in [1.165, 1.54) is 391 Å². The molecule has 0 aliphatic heterocycles. The Labute approximate surface area is 776 Å². The van der Waals surface area contributed by atoms with Gasteiger partial charge in [0, 0.05) is 46.8 Å². The molecule has 2 aromatic heterocycles. The van der Waals surface area contributed by atoms with Crippen LogP contribution in [0.5, 0.6) is 23.0 Å². The van der Waals surface area contributed by atoms with E-state index in [0.29, 0.717) is 26.4 Å². The maximum atomic E-state index is 6.79. The van der Waals surface area contributed by atoms with Crippen LogP contribution in [0.4, 0.5) is 0 Å². The van der Waals surface area contributed by atoms with Gasteiger partial charge in [0.2, 0.25) is 0 Å². The van der Waals surface area contributed by atoms with E-state index in [0.717, 1.165) is 129 Å². The molecule has 6 nitrogen and oxygen atoms in total. The van der Waals surface area contributed by atoms with Crippen molar-refractivity contribution >= 4 is 9.53 Å². The number of rotatable bonds is 74. The van der Waals surface area contributed by atoms with Crippen molar-refractivity contribution in [2.45, 2.75) is 452 Å². The molecule has 6 aromatic rings. The molecule has 2 heterocycles. The summed E-state index contributed by atoms with van der Waals surface area (Å²) in [5.74, 6) is 30.4. The molecule has 6 rings (SSSR count). The Morgan fingerprint density at radius 3 is 0.669 bits per heavy atom. The summed E-state index contributed by atoms with van der Waals surface area (Å²) in [7, 11) is 4.69. The number of nitrogens with zero attached hydrogens (tertiary/aromatic N) is 2. The fourth-order valence-corrected chi connectivity index (χ4v) is 16.7. The molecule has 0 amide bonds. The zero-order valence-corrected chi connectivity index (χ0v) is 83.2. The Bertz CT molecular complexity index is 3820. The van der Waals surface area contributed by atoms with E-state index in [-0.39, 0.29) is 0 Å². The van der Waals surface area contributed by atoms with E-state index in [1.54, 1.807) is 0 Å². The van der Waals surface area contributed by atoms with Crippen molar-refractivity contribution in [1.29, 1.82) is 0 Å². The normalized spacial score (nSPS) is 10.9. The van der Waals surface area contributed by atoms with Crippen LogP contribution in [0.2, 0.25) is 0 Å². The number of unbranched alkanes of at least 4 members (excludes halogenated alkanes) is 60. The molecular formula is C116H172ClN2O4Re. The van der Waals surface area contributed by atoms with Gasteiger partial charge in [0.1, 0.15) is 23.0 Å². The van der Waals surface area contributed by atoms with Crippen LogP contribution >= 0.6 is 9.53 Å². The third kappa shape index (κ3) is 54.0. The van der Waals surface area contributed by atoms with Crippen LogP contribution < -0.4 is 18.9 Å². The number of aryl methyl sites for hydroxylation is 1. The van der Waals surface area contributed by atoms with Gasteiger partial charge in [-0.05, 0) is 117 Å². The molecule has 0 spiro atoms. The summed E-state index contributed by atoms with van der Waals surface area (Å²) in [5.41, 5.74) is 10.9. The Morgan fingerprint density at radius 1 is 0.234 bits per heavy atom. The molecule has 0 atom stereocenters. The third-order valence-corrected chi connectivity index (χ3v) is 24.6. The van der Waals surface area contributed by atoms with Gasteiger partial charge in [0.15, 0.2) is 0 Å². The molecule has 4 aromatic carbocycles. The zero-order chi connectivity index (χ0) is 87.9. The monoisotopic (exact) mass is 1880 g/mol. The van der Waals surface area contributed by atoms with Crippen molar-refractivity contribution in [3.63, 3.8) is 0 Å². The molecule has 0 fully saturated rings. The summed E-state index contributed by atoms with van der Waals surface area (Å²) in [6.07, 6.45) is 89.4. The van der Waals surface area contributed by atoms with Gasteiger partial charge in [-0.3, -0.25) is 9.97 Å². The second-order valence-electron chi connectivity index (χ2n) is 35.7. The van der Waals surface area contributed by atoms with Gasteiger partial charge in [0.05, 0.1) is 54.5 Å². The molecule has 8 heteroatoms. The fraction of sp³-hybridized carbons (Fsp3) is 0.638. The number of benzene rings is 4. The van der Waals surface area contributed by atoms with Gasteiger partial charge < -0.3 is 18.9 Å². The SMILES string of the molecule is CC#Cc1ccc(-c2ccc(C#Cc3cc(OCCCCCCCCCCCCCCCCCC)c(C#Cc4ccc(-c5ccc(C#Cc6cc(OCCCCCCCCCCCCCCCCCC)c(C)cc6OCCCCCCCCCCCCCCCCCC)cn5)nc4)cc3OCCCCCCCCCCCCCCCCCC)cc2)cc1.[Cl][Re]. The molecule has 0 bridgehead atoms. The first-order valence-electron chi connectivity index (χ1n) is 51.5. The summed E-state index contributed by atoms with van der Waals surface area (Å²) >= 11 is 1.19. The Hall–Kier alpha value is -6.43. The van der Waals surface area contributed by atoms with Crippen molar-refractivity contribution in [2.24, 2.45) is 0 Å². The van der Waals surface area contributed by atoms with Crippen LogP contribution in [0, 0.1) is 54.3 Å². The van der Waals surface area contributed by atoms with Crippen LogP contribution in [0.15, 0.2) is 109 Å². The molecule has 124 heavy (non-hydrogen) atoms. The molecule has 0 aliphatic rings. The summed E-state index contributed by atoms with van der Waals surface area (Å²) < 4.78 is 26.7. The van der Waals surface area contributed by atoms with Crippen molar-refractivity contribution in [2.75, 3.05) is 26.4 Å². The predicted octanol–water partition coefficient (Wildman–Crippen LogP) is 35.9. The number of hydrogen-bond acceptors (Lipinski definition) is 6. The molecule has 0 saturated carbocycles. The molecule has 0 N–H and O–H groups in total. The minimum atomic E-state index is 0.608. The molecule has 0 aliphatic carbocycles. The van der Waals surface area contributed by atoms with Gasteiger partial charge in [-0.15, -0.1) is 5.92 Å². The van der Waals surface area contributed by atoms with Crippen molar-refractivity contribution in [1.82, 2.24) is 9.97 Å². The average molecular weight is 1880 g/mol. The van der Waals surface area contributed by atoms with Crippen molar-refractivity contribution < 1.29 is 37.1 Å². The van der Waals surface area contributed by atoms with Gasteiger partial charge in [-0.25, -0.2) is 0 Å². The standard InChI is InChI=1S/C116H172N2O4.ClH.Re/c1-7-12-16-20-24-28-32-36-40-44-48-52-56-60-64-68-91-119-113-96-108(114(95-101(113)6)120-92-69-65-61-57-53-49-45-41-37-33-29-25-21-17-13-8-2)87-78-104-80-89-111(117-99-104)112-90-81-105(100-118-112)79-88-110-98-115(121-93-70-66-62-58-54-50-46-42-38-34-30-26-22-18-14-9-3)109(86-77-103-75-84-107(85-76-103)106-82-73-102(72-11-5)74-83-106)97-116(110)122-94-71-67-63-59-55-51-47-43-39-35-31-27-23-19-15-10-4;;/h73-76,80-85,89-90,95-100H,7-10,12-71,91-94H2,1-6H3;1H;/q;;+1/p-1. The van der Waals surface area contributed by atoms with E-state index in [4.69, 9.17) is 38.4 Å². The number of aromatic nitrogens is 2.